The zero-order valence-corrected chi connectivity index (χ0v) is 17.4. The van der Waals surface area contributed by atoms with Crippen molar-refractivity contribution < 1.29 is 14.3 Å². The van der Waals surface area contributed by atoms with Gasteiger partial charge in [-0.15, -0.1) is 0 Å². The number of ether oxygens (including phenoxy) is 1. The number of hydrogen-bond donors (Lipinski definition) is 1. The molecular weight excluding hydrogens is 382 g/mol. The van der Waals surface area contributed by atoms with Crippen LogP contribution in [0.4, 0.5) is 0 Å². The van der Waals surface area contributed by atoms with E-state index in [0.29, 0.717) is 31.6 Å². The lowest BCUT2D eigenvalue weighted by molar-refractivity contribution is -0.135. The number of rotatable bonds is 5. The lowest BCUT2D eigenvalue weighted by Crippen LogP contribution is -2.51. The summed E-state index contributed by atoms with van der Waals surface area (Å²) in [7, 11) is 2.08. The first-order valence-corrected chi connectivity index (χ1v) is 10.6. The number of benzene rings is 1. The van der Waals surface area contributed by atoms with Crippen LogP contribution in [0.25, 0.3) is 0 Å². The van der Waals surface area contributed by atoms with Crippen molar-refractivity contribution in [1.29, 1.82) is 0 Å². The summed E-state index contributed by atoms with van der Waals surface area (Å²) in [4.78, 5) is 31.8. The summed E-state index contributed by atoms with van der Waals surface area (Å²) in [6, 6.07) is 11.4. The van der Waals surface area contributed by atoms with Gasteiger partial charge in [-0.1, -0.05) is 18.2 Å². The molecule has 0 spiro atoms. The Labute approximate surface area is 176 Å². The Bertz CT molecular complexity index is 834. The standard InChI is InChI=1S/C22H29N5O3/c1-25-11-13-26(14-12-25)21(28)15-17-16-27(22(29)19-7-9-23-24-19)10-8-20(17)30-18-5-3-2-4-6-18/h2-7,9,17,20H,8,10-16H2,1H3,(H,23,24)/t17-,20-/m0/s1. The van der Waals surface area contributed by atoms with E-state index < -0.39 is 0 Å². The normalized spacial score (nSPS) is 22.7. The summed E-state index contributed by atoms with van der Waals surface area (Å²) in [5.74, 6) is 0.805. The van der Waals surface area contributed by atoms with Crippen LogP contribution in [0.5, 0.6) is 5.75 Å². The van der Waals surface area contributed by atoms with E-state index in [4.69, 9.17) is 4.74 Å². The molecule has 2 amide bonds. The van der Waals surface area contributed by atoms with Crippen LogP contribution in [-0.4, -0.2) is 89.1 Å². The molecule has 1 aromatic carbocycles. The monoisotopic (exact) mass is 411 g/mol. The number of para-hydroxylation sites is 1. The molecule has 2 saturated heterocycles. The molecule has 2 aliphatic rings. The third-order valence-electron chi connectivity index (χ3n) is 6.01. The van der Waals surface area contributed by atoms with Crippen molar-refractivity contribution in [3.8, 4) is 5.75 Å². The molecule has 2 atom stereocenters. The molecule has 3 heterocycles. The lowest BCUT2D eigenvalue weighted by Gasteiger charge is -2.39. The van der Waals surface area contributed by atoms with Crippen LogP contribution < -0.4 is 4.74 Å². The van der Waals surface area contributed by atoms with Crippen LogP contribution in [0, 0.1) is 5.92 Å². The van der Waals surface area contributed by atoms with Gasteiger partial charge in [0.05, 0.1) is 0 Å². The average Bonchev–Trinajstić information content (AvgIpc) is 3.30. The second-order valence-corrected chi connectivity index (χ2v) is 8.13. The van der Waals surface area contributed by atoms with Crippen molar-refractivity contribution in [2.24, 2.45) is 5.92 Å². The Kier molecular flexibility index (Phi) is 6.32. The molecule has 4 rings (SSSR count). The average molecular weight is 412 g/mol. The summed E-state index contributed by atoms with van der Waals surface area (Å²) in [6.45, 7) is 4.38. The Morgan fingerprint density at radius 1 is 1.07 bits per heavy atom. The van der Waals surface area contributed by atoms with Crippen LogP contribution in [0.3, 0.4) is 0 Å². The first-order valence-electron chi connectivity index (χ1n) is 10.6. The van der Waals surface area contributed by atoms with E-state index in [-0.39, 0.29) is 23.8 Å². The highest BCUT2D eigenvalue weighted by atomic mass is 16.5. The number of likely N-dealkylation sites (N-methyl/N-ethyl adjacent to an activating group) is 1. The van der Waals surface area contributed by atoms with E-state index in [9.17, 15) is 9.59 Å². The predicted octanol–water partition coefficient (Wildman–Crippen LogP) is 1.48. The van der Waals surface area contributed by atoms with E-state index in [1.54, 1.807) is 17.2 Å². The number of likely N-dealkylation sites (tertiary alicyclic amines) is 1. The van der Waals surface area contributed by atoms with Crippen LogP contribution in [0.15, 0.2) is 42.6 Å². The predicted molar refractivity (Wildman–Crippen MR) is 112 cm³/mol. The first kappa shape index (κ1) is 20.4. The van der Waals surface area contributed by atoms with Crippen molar-refractivity contribution in [3.05, 3.63) is 48.3 Å². The summed E-state index contributed by atoms with van der Waals surface area (Å²) in [5.41, 5.74) is 0.474. The molecule has 0 bridgehead atoms. The number of hydrogen-bond acceptors (Lipinski definition) is 5. The number of aromatic amines is 1. The molecule has 8 heteroatoms. The SMILES string of the molecule is CN1CCN(C(=O)C[C@H]2CN(C(=O)c3ccn[nH]3)CC[C@@H]2Oc2ccccc2)CC1. The van der Waals surface area contributed by atoms with Crippen LogP contribution in [-0.2, 0) is 4.79 Å². The second-order valence-electron chi connectivity index (χ2n) is 8.13. The molecule has 1 N–H and O–H groups in total. The maximum Gasteiger partial charge on any atom is 0.271 e. The Morgan fingerprint density at radius 3 is 2.53 bits per heavy atom. The summed E-state index contributed by atoms with van der Waals surface area (Å²) < 4.78 is 6.25. The minimum absolute atomic E-state index is 0.0574. The number of nitrogens with zero attached hydrogens (tertiary/aromatic N) is 4. The number of carbonyl (C=O) groups is 2. The summed E-state index contributed by atoms with van der Waals surface area (Å²) in [6.07, 6.45) is 2.55. The third kappa shape index (κ3) is 4.81. The van der Waals surface area contributed by atoms with Gasteiger partial charge in [-0.3, -0.25) is 14.7 Å². The van der Waals surface area contributed by atoms with Crippen molar-refractivity contribution in [1.82, 2.24) is 24.9 Å². The highest BCUT2D eigenvalue weighted by Gasteiger charge is 2.36. The minimum Gasteiger partial charge on any atom is -0.490 e. The minimum atomic E-state index is -0.102. The van der Waals surface area contributed by atoms with Gasteiger partial charge in [0.2, 0.25) is 5.91 Å². The largest absolute Gasteiger partial charge is 0.490 e. The molecular formula is C22H29N5O3. The molecule has 2 aliphatic heterocycles. The fourth-order valence-electron chi connectivity index (χ4n) is 4.17. The van der Waals surface area contributed by atoms with Crippen molar-refractivity contribution in [3.63, 3.8) is 0 Å². The van der Waals surface area contributed by atoms with Gasteiger partial charge in [-0.2, -0.15) is 5.10 Å². The number of piperidine rings is 1. The van der Waals surface area contributed by atoms with Gasteiger partial charge in [0.15, 0.2) is 0 Å². The van der Waals surface area contributed by atoms with Gasteiger partial charge >= 0.3 is 0 Å². The van der Waals surface area contributed by atoms with Gasteiger partial charge < -0.3 is 19.4 Å². The molecule has 2 aromatic rings. The lowest BCUT2D eigenvalue weighted by atomic mass is 9.90. The van der Waals surface area contributed by atoms with E-state index in [1.807, 2.05) is 35.2 Å². The first-order chi connectivity index (χ1) is 14.6. The van der Waals surface area contributed by atoms with Gasteiger partial charge in [-0.05, 0) is 25.2 Å². The van der Waals surface area contributed by atoms with Gasteiger partial charge in [0.1, 0.15) is 17.5 Å². The fourth-order valence-corrected chi connectivity index (χ4v) is 4.17. The molecule has 0 unspecified atom stereocenters. The maximum absolute atomic E-state index is 13.0. The zero-order chi connectivity index (χ0) is 20.9. The Hall–Kier alpha value is -2.87. The fraction of sp³-hybridized carbons (Fsp3) is 0.500. The van der Waals surface area contributed by atoms with Crippen LogP contribution in [0.1, 0.15) is 23.3 Å². The van der Waals surface area contributed by atoms with E-state index >= 15 is 0 Å². The zero-order valence-electron chi connectivity index (χ0n) is 17.4. The Morgan fingerprint density at radius 2 is 1.83 bits per heavy atom. The molecule has 30 heavy (non-hydrogen) atoms. The molecule has 0 aliphatic carbocycles. The van der Waals surface area contributed by atoms with Gasteiger partial charge in [-0.25, -0.2) is 0 Å². The smallest absolute Gasteiger partial charge is 0.271 e. The number of aromatic nitrogens is 2. The van der Waals surface area contributed by atoms with E-state index in [0.717, 1.165) is 31.9 Å². The molecule has 8 nitrogen and oxygen atoms in total. The molecule has 0 radical (unpaired) electrons. The molecule has 2 fully saturated rings. The van der Waals surface area contributed by atoms with Gasteiger partial charge in [0, 0.05) is 64.2 Å². The van der Waals surface area contributed by atoms with Crippen molar-refractivity contribution >= 4 is 11.8 Å². The highest BCUT2D eigenvalue weighted by molar-refractivity contribution is 5.92. The summed E-state index contributed by atoms with van der Waals surface area (Å²) in [5, 5.41) is 6.63. The van der Waals surface area contributed by atoms with E-state index in [2.05, 4.69) is 22.1 Å². The quantitative estimate of drug-likeness (QED) is 0.806. The van der Waals surface area contributed by atoms with Gasteiger partial charge in [0.25, 0.3) is 5.91 Å². The number of H-pyrrole nitrogens is 1. The van der Waals surface area contributed by atoms with Crippen LogP contribution in [0.2, 0.25) is 0 Å². The number of nitrogens with one attached hydrogen (secondary N) is 1. The third-order valence-corrected chi connectivity index (χ3v) is 6.01. The Balaban J connectivity index is 1.46. The number of carbonyl (C=O) groups excluding carboxylic acids is 2. The molecule has 0 saturated carbocycles. The molecule has 160 valence electrons. The van der Waals surface area contributed by atoms with Crippen molar-refractivity contribution in [2.45, 2.75) is 18.9 Å². The summed E-state index contributed by atoms with van der Waals surface area (Å²) >= 11 is 0. The second kappa shape index (κ2) is 9.30. The number of amides is 2. The van der Waals surface area contributed by atoms with E-state index in [1.165, 1.54) is 0 Å². The van der Waals surface area contributed by atoms with Crippen LogP contribution >= 0.6 is 0 Å². The van der Waals surface area contributed by atoms with Crippen molar-refractivity contribution in [2.75, 3.05) is 46.3 Å². The maximum atomic E-state index is 13.0. The highest BCUT2D eigenvalue weighted by Crippen LogP contribution is 2.27. The topological polar surface area (TPSA) is 81.8 Å². The number of piperazine rings is 1. The molecule has 1 aromatic heterocycles.